The van der Waals surface area contributed by atoms with E-state index in [1.54, 1.807) is 0 Å². The first-order valence-corrected chi connectivity index (χ1v) is 5.23. The molecule has 0 unspecified atom stereocenters. The smallest absolute Gasteiger partial charge is 0.0654 e. The molecule has 0 saturated heterocycles. The van der Waals surface area contributed by atoms with Gasteiger partial charge in [0.25, 0.3) is 0 Å². The first-order valence-electron chi connectivity index (χ1n) is 5.23. The molecule has 11 heavy (non-hydrogen) atoms. The van der Waals surface area contributed by atoms with E-state index in [0.29, 0.717) is 0 Å². The summed E-state index contributed by atoms with van der Waals surface area (Å²) in [7, 11) is 0. The molecular weight excluding hydrogens is 132 g/mol. The zero-order valence-electron chi connectivity index (χ0n) is 8.23. The highest BCUT2D eigenvalue weighted by Crippen LogP contribution is 2.07. The monoisotopic (exact) mass is 155 g/mol. The minimum absolute atomic E-state index is 1.34. The molecule has 0 nitrogen and oxygen atoms in total. The van der Waals surface area contributed by atoms with E-state index < -0.39 is 0 Å². The Morgan fingerprint density at radius 1 is 0.727 bits per heavy atom. The van der Waals surface area contributed by atoms with Crippen LogP contribution in [0.1, 0.15) is 65.2 Å². The van der Waals surface area contributed by atoms with E-state index in [1.807, 2.05) is 0 Å². The van der Waals surface area contributed by atoms with Gasteiger partial charge < -0.3 is 0 Å². The van der Waals surface area contributed by atoms with E-state index >= 15 is 0 Å². The van der Waals surface area contributed by atoms with Crippen LogP contribution in [0.15, 0.2) is 0 Å². The maximum atomic E-state index is 2.46. The van der Waals surface area contributed by atoms with Gasteiger partial charge in [-0.2, -0.15) is 0 Å². The van der Waals surface area contributed by atoms with Crippen LogP contribution in [0.25, 0.3) is 0 Å². The quantitative estimate of drug-likeness (QED) is 0.361. The van der Waals surface area contributed by atoms with Crippen LogP contribution < -0.4 is 0 Å². The molecule has 0 rings (SSSR count). The van der Waals surface area contributed by atoms with E-state index in [0.717, 1.165) is 0 Å². The van der Waals surface area contributed by atoms with Crippen molar-refractivity contribution in [3.8, 4) is 0 Å². The Bertz CT molecular complexity index is 49.1. The third-order valence-corrected chi connectivity index (χ3v) is 2.02. The van der Waals surface area contributed by atoms with Gasteiger partial charge in [-0.3, -0.25) is 0 Å². The Labute approximate surface area is 72.4 Å². The lowest BCUT2D eigenvalue weighted by Gasteiger charge is -1.92. The summed E-state index contributed by atoms with van der Waals surface area (Å²) in [6.07, 6.45) is 13.5. The van der Waals surface area contributed by atoms with E-state index in [2.05, 4.69) is 20.3 Å². The van der Waals surface area contributed by atoms with Crippen LogP contribution in [0.5, 0.6) is 0 Å². The Hall–Kier alpha value is -0.130. The van der Waals surface area contributed by atoms with Gasteiger partial charge in [-0.05, 0) is 19.3 Å². The van der Waals surface area contributed by atoms with Crippen LogP contribution in [-0.4, -0.2) is 0 Å². The molecule has 0 amide bonds. The molecule has 0 aliphatic rings. The molecule has 0 aromatic rings. The largest absolute Gasteiger partial charge is 0.0875 e. The van der Waals surface area contributed by atoms with Crippen molar-refractivity contribution in [1.82, 2.24) is 0 Å². The summed E-state index contributed by atoms with van der Waals surface area (Å²) in [5.74, 6) is 0. The van der Waals surface area contributed by atoms with Gasteiger partial charge in [-0.25, -0.2) is 0 Å². The Balaban J connectivity index is 2.69. The lowest BCUT2D eigenvalue weighted by molar-refractivity contribution is 0.642. The highest BCUT2D eigenvalue weighted by atomic mass is 13.9. The van der Waals surface area contributed by atoms with Gasteiger partial charge in [0.05, 0.1) is 19.3 Å². The van der Waals surface area contributed by atoms with E-state index in [1.165, 1.54) is 51.4 Å². The standard InChI is InChI=1S/C11H23/c1-3-5-7-9-11-10-8-6-4-2/h9H,3-8,10-11H2,1-2H3/q+1. The van der Waals surface area contributed by atoms with Crippen LogP contribution in [0, 0.1) is 6.42 Å². The first kappa shape index (κ1) is 10.9. The van der Waals surface area contributed by atoms with Crippen LogP contribution in [0.4, 0.5) is 0 Å². The second kappa shape index (κ2) is 9.87. The van der Waals surface area contributed by atoms with E-state index in [4.69, 9.17) is 0 Å². The van der Waals surface area contributed by atoms with Crippen molar-refractivity contribution < 1.29 is 0 Å². The summed E-state index contributed by atoms with van der Waals surface area (Å²) >= 11 is 0. The summed E-state index contributed by atoms with van der Waals surface area (Å²) < 4.78 is 0. The van der Waals surface area contributed by atoms with E-state index in [9.17, 15) is 0 Å². The van der Waals surface area contributed by atoms with Crippen LogP contribution in [-0.2, 0) is 0 Å². The van der Waals surface area contributed by atoms with E-state index in [-0.39, 0.29) is 0 Å². The fourth-order valence-electron chi connectivity index (χ4n) is 1.21. The molecule has 0 spiro atoms. The summed E-state index contributed by atoms with van der Waals surface area (Å²) in [5.41, 5.74) is 0. The number of hydrogen-bond donors (Lipinski definition) is 0. The molecule has 0 bridgehead atoms. The van der Waals surface area contributed by atoms with Gasteiger partial charge in [0, 0.05) is 0 Å². The Morgan fingerprint density at radius 2 is 1.36 bits per heavy atom. The summed E-state index contributed by atoms with van der Waals surface area (Å²) in [6.45, 7) is 4.52. The molecule has 66 valence electrons. The summed E-state index contributed by atoms with van der Waals surface area (Å²) in [6, 6.07) is 0. The van der Waals surface area contributed by atoms with Gasteiger partial charge in [-0.1, -0.05) is 33.1 Å². The van der Waals surface area contributed by atoms with Crippen molar-refractivity contribution >= 4 is 0 Å². The molecule has 0 radical (unpaired) electrons. The predicted molar refractivity (Wildman–Crippen MR) is 52.6 cm³/mol. The van der Waals surface area contributed by atoms with Gasteiger partial charge >= 0.3 is 0 Å². The second-order valence-corrected chi connectivity index (χ2v) is 3.28. The maximum Gasteiger partial charge on any atom is 0.0875 e. The van der Waals surface area contributed by atoms with Gasteiger partial charge in [0.15, 0.2) is 0 Å². The normalized spacial score (nSPS) is 10.0. The highest BCUT2D eigenvalue weighted by molar-refractivity contribution is 4.63. The molecule has 0 aromatic heterocycles. The molecule has 0 saturated carbocycles. The Morgan fingerprint density at radius 3 is 2.00 bits per heavy atom. The van der Waals surface area contributed by atoms with Crippen molar-refractivity contribution in [2.45, 2.75) is 65.2 Å². The molecule has 0 atom stereocenters. The predicted octanol–water partition coefficient (Wildman–Crippen LogP) is 4.35. The fourth-order valence-corrected chi connectivity index (χ4v) is 1.21. The summed E-state index contributed by atoms with van der Waals surface area (Å²) in [4.78, 5) is 0. The maximum absolute atomic E-state index is 2.46. The molecule has 0 aliphatic heterocycles. The topological polar surface area (TPSA) is 0 Å². The molecule has 0 aliphatic carbocycles. The Kier molecular flexibility index (Phi) is 9.75. The SMILES string of the molecule is CCCC[CH+]CCCCCC. The zero-order valence-corrected chi connectivity index (χ0v) is 8.23. The zero-order chi connectivity index (χ0) is 8.36. The lowest BCUT2D eigenvalue weighted by Crippen LogP contribution is -1.80. The summed E-state index contributed by atoms with van der Waals surface area (Å²) in [5, 5.41) is 0. The molecule has 0 heterocycles. The van der Waals surface area contributed by atoms with Crippen LogP contribution in [0.3, 0.4) is 0 Å². The van der Waals surface area contributed by atoms with Crippen molar-refractivity contribution in [3.63, 3.8) is 0 Å². The van der Waals surface area contributed by atoms with Crippen molar-refractivity contribution in [1.29, 1.82) is 0 Å². The molecule has 0 N–H and O–H groups in total. The molecule has 0 aromatic carbocycles. The fraction of sp³-hybridized carbons (Fsp3) is 0.909. The van der Waals surface area contributed by atoms with Gasteiger partial charge in [0.2, 0.25) is 0 Å². The molecule has 0 heteroatoms. The van der Waals surface area contributed by atoms with Gasteiger partial charge in [-0.15, -0.1) is 0 Å². The van der Waals surface area contributed by atoms with Gasteiger partial charge in [0.1, 0.15) is 0 Å². The first-order chi connectivity index (χ1) is 5.41. The minimum Gasteiger partial charge on any atom is -0.0654 e. The van der Waals surface area contributed by atoms with Crippen LogP contribution >= 0.6 is 0 Å². The van der Waals surface area contributed by atoms with Crippen molar-refractivity contribution in [3.05, 3.63) is 6.42 Å². The average Bonchev–Trinajstić information content (AvgIpc) is 2.03. The second-order valence-electron chi connectivity index (χ2n) is 3.28. The van der Waals surface area contributed by atoms with Crippen molar-refractivity contribution in [2.75, 3.05) is 0 Å². The third-order valence-electron chi connectivity index (χ3n) is 2.02. The average molecular weight is 155 g/mol. The van der Waals surface area contributed by atoms with Crippen LogP contribution in [0.2, 0.25) is 0 Å². The number of unbranched alkanes of at least 4 members (excludes halogenated alkanes) is 8. The lowest BCUT2D eigenvalue weighted by atomic mass is 10.1. The number of rotatable bonds is 8. The number of hydrogen-bond acceptors (Lipinski definition) is 0. The molecule has 0 fully saturated rings. The van der Waals surface area contributed by atoms with Crippen molar-refractivity contribution in [2.24, 2.45) is 0 Å². The highest BCUT2D eigenvalue weighted by Gasteiger charge is 1.96. The molecular formula is C11H23+. The minimum atomic E-state index is 1.34. The third kappa shape index (κ3) is 9.87.